The zero-order valence-corrected chi connectivity index (χ0v) is 25.2. The van der Waals surface area contributed by atoms with Gasteiger partial charge in [0.1, 0.15) is 0 Å². The van der Waals surface area contributed by atoms with Gasteiger partial charge in [0.25, 0.3) is 5.91 Å². The van der Waals surface area contributed by atoms with Crippen molar-refractivity contribution in [3.05, 3.63) is 89.5 Å². The average Bonchev–Trinajstić information content (AvgIpc) is 3.44. The number of para-hydroxylation sites is 1. The summed E-state index contributed by atoms with van der Waals surface area (Å²) < 4.78 is 34.8. The van der Waals surface area contributed by atoms with Crippen molar-refractivity contribution < 1.29 is 17.9 Å². The van der Waals surface area contributed by atoms with Crippen LogP contribution in [0.25, 0.3) is 10.2 Å². The van der Waals surface area contributed by atoms with Gasteiger partial charge in [-0.2, -0.15) is 4.31 Å². The minimum Gasteiger partial charge on any atom is -0.379 e. The number of carbonyl (C=O) groups excluding carboxylic acids is 1. The lowest BCUT2D eigenvalue weighted by atomic mass is 10.2. The number of ether oxygens (including phenoxy) is 1. The summed E-state index contributed by atoms with van der Waals surface area (Å²) in [5, 5.41) is 0.651. The molecule has 4 aromatic rings. The number of aryl methyl sites for hydroxylation is 1. The Morgan fingerprint density at radius 1 is 1.00 bits per heavy atom. The number of benzene rings is 3. The number of fused-ring (bicyclic) bond motifs is 1. The van der Waals surface area contributed by atoms with E-state index in [0.29, 0.717) is 23.8 Å². The van der Waals surface area contributed by atoms with Crippen LogP contribution in [0.2, 0.25) is 0 Å². The van der Waals surface area contributed by atoms with E-state index in [1.807, 2.05) is 62.4 Å². The summed E-state index contributed by atoms with van der Waals surface area (Å²) in [4.78, 5) is 23.0. The van der Waals surface area contributed by atoms with Gasteiger partial charge in [-0.3, -0.25) is 14.6 Å². The molecule has 0 bridgehead atoms. The van der Waals surface area contributed by atoms with E-state index in [0.717, 1.165) is 60.6 Å². The van der Waals surface area contributed by atoms with E-state index in [1.165, 1.54) is 27.8 Å². The number of morpholine rings is 1. The highest BCUT2D eigenvalue weighted by atomic mass is 32.2. The van der Waals surface area contributed by atoms with Gasteiger partial charge in [0.05, 0.1) is 28.3 Å². The summed E-state index contributed by atoms with van der Waals surface area (Å²) in [6.07, 6.45) is 0.790. The van der Waals surface area contributed by atoms with E-state index in [1.54, 1.807) is 17.0 Å². The Balaban J connectivity index is 1.37. The van der Waals surface area contributed by atoms with E-state index in [9.17, 15) is 13.2 Å². The molecule has 1 aromatic heterocycles. The first kappa shape index (κ1) is 29.3. The van der Waals surface area contributed by atoms with Crippen LogP contribution in [0, 0.1) is 6.92 Å². The first-order chi connectivity index (χ1) is 19.9. The van der Waals surface area contributed by atoms with Crippen molar-refractivity contribution in [2.75, 3.05) is 50.8 Å². The molecule has 1 aliphatic rings. The fourth-order valence-corrected chi connectivity index (χ4v) is 7.48. The molecule has 0 aliphatic carbocycles. The first-order valence-electron chi connectivity index (χ1n) is 14.0. The normalized spacial score (nSPS) is 14.5. The Bertz CT molecular complexity index is 1570. The maximum absolute atomic E-state index is 13.9. The summed E-state index contributed by atoms with van der Waals surface area (Å²) in [6, 6.07) is 21.9. The Kier molecular flexibility index (Phi) is 9.46. The number of aromatic nitrogens is 1. The Hall–Kier alpha value is -3.15. The minimum absolute atomic E-state index is 0.168. The standard InChI is InChI=1S/C31H36N4O4S2/c1-3-34(23-25-10-5-4-6-11-25)41(37,38)27-15-13-26(14-16-27)30(36)35(18-8-17-33-19-21-39-22-20-33)31-32-29-24(2)9-7-12-28(29)40-31/h4-7,9-16H,3,8,17-23H2,1-2H3. The van der Waals surface area contributed by atoms with E-state index in [4.69, 9.17) is 9.72 Å². The number of hydrogen-bond acceptors (Lipinski definition) is 7. The van der Waals surface area contributed by atoms with Crippen molar-refractivity contribution in [3.8, 4) is 0 Å². The number of anilines is 1. The molecule has 1 fully saturated rings. The zero-order chi connectivity index (χ0) is 28.8. The topological polar surface area (TPSA) is 83.1 Å². The van der Waals surface area contributed by atoms with E-state index < -0.39 is 10.0 Å². The van der Waals surface area contributed by atoms with E-state index >= 15 is 0 Å². The molecule has 0 N–H and O–H groups in total. The summed E-state index contributed by atoms with van der Waals surface area (Å²) in [6.45, 7) is 9.09. The van der Waals surface area contributed by atoms with Crippen molar-refractivity contribution in [2.24, 2.45) is 0 Å². The van der Waals surface area contributed by atoms with Crippen LogP contribution >= 0.6 is 11.3 Å². The molecule has 1 amide bonds. The lowest BCUT2D eigenvalue weighted by molar-refractivity contribution is 0.0376. The highest BCUT2D eigenvalue weighted by molar-refractivity contribution is 7.89. The summed E-state index contributed by atoms with van der Waals surface area (Å²) >= 11 is 1.50. The van der Waals surface area contributed by atoms with Crippen molar-refractivity contribution in [1.29, 1.82) is 0 Å². The van der Waals surface area contributed by atoms with Crippen LogP contribution in [0.1, 0.15) is 34.8 Å². The van der Waals surface area contributed by atoms with Crippen LogP contribution in [0.15, 0.2) is 77.7 Å². The predicted molar refractivity (Wildman–Crippen MR) is 164 cm³/mol. The van der Waals surface area contributed by atoms with Crippen molar-refractivity contribution in [1.82, 2.24) is 14.2 Å². The second-order valence-corrected chi connectivity index (χ2v) is 13.1. The third kappa shape index (κ3) is 6.85. The molecule has 41 heavy (non-hydrogen) atoms. The van der Waals surface area contributed by atoms with Gasteiger partial charge < -0.3 is 4.74 Å². The molecule has 2 heterocycles. The van der Waals surface area contributed by atoms with Gasteiger partial charge in [-0.15, -0.1) is 0 Å². The quantitative estimate of drug-likeness (QED) is 0.239. The maximum Gasteiger partial charge on any atom is 0.260 e. The molecule has 0 atom stereocenters. The molecule has 8 nitrogen and oxygen atoms in total. The SMILES string of the molecule is CCN(Cc1ccccc1)S(=O)(=O)c1ccc(C(=O)N(CCCN2CCOCC2)c2nc3c(C)cccc3s2)cc1. The number of sulfonamides is 1. The third-order valence-corrected chi connectivity index (χ3v) is 10.3. The molecule has 5 rings (SSSR count). The van der Waals surface area contributed by atoms with E-state index in [2.05, 4.69) is 4.90 Å². The van der Waals surface area contributed by atoms with Crippen LogP contribution in [-0.4, -0.2) is 74.5 Å². The average molecular weight is 593 g/mol. The number of hydrogen-bond donors (Lipinski definition) is 0. The molecule has 3 aromatic carbocycles. The number of amides is 1. The second kappa shape index (κ2) is 13.2. The van der Waals surface area contributed by atoms with E-state index in [-0.39, 0.29) is 17.3 Å². The highest BCUT2D eigenvalue weighted by Gasteiger charge is 2.26. The van der Waals surface area contributed by atoms with Gasteiger partial charge >= 0.3 is 0 Å². The number of carbonyl (C=O) groups is 1. The Labute approximate surface area is 246 Å². The van der Waals surface area contributed by atoms with Crippen molar-refractivity contribution >= 4 is 42.6 Å². The predicted octanol–water partition coefficient (Wildman–Crippen LogP) is 5.18. The zero-order valence-electron chi connectivity index (χ0n) is 23.5. The molecule has 1 aliphatic heterocycles. The number of rotatable bonds is 11. The summed E-state index contributed by atoms with van der Waals surface area (Å²) in [5.74, 6) is -0.190. The van der Waals surface area contributed by atoms with Crippen molar-refractivity contribution in [2.45, 2.75) is 31.7 Å². The van der Waals surface area contributed by atoms with Crippen LogP contribution in [-0.2, 0) is 21.3 Å². The first-order valence-corrected chi connectivity index (χ1v) is 16.2. The Morgan fingerprint density at radius 3 is 2.41 bits per heavy atom. The van der Waals surface area contributed by atoms with Gasteiger partial charge in [-0.1, -0.05) is 60.7 Å². The fourth-order valence-electron chi connectivity index (χ4n) is 4.98. The third-order valence-electron chi connectivity index (χ3n) is 7.34. The molecule has 10 heteroatoms. The van der Waals surface area contributed by atoms with Gasteiger partial charge in [-0.25, -0.2) is 13.4 Å². The van der Waals surface area contributed by atoms with Crippen LogP contribution in [0.3, 0.4) is 0 Å². The molecule has 1 saturated heterocycles. The lowest BCUT2D eigenvalue weighted by Gasteiger charge is -2.27. The number of thiazole rings is 1. The maximum atomic E-state index is 13.9. The van der Waals surface area contributed by atoms with Gasteiger partial charge in [0, 0.05) is 44.8 Å². The van der Waals surface area contributed by atoms with Crippen LogP contribution in [0.4, 0.5) is 5.13 Å². The molecule has 0 saturated carbocycles. The van der Waals surface area contributed by atoms with Crippen LogP contribution in [0.5, 0.6) is 0 Å². The molecule has 0 unspecified atom stereocenters. The number of nitrogens with zero attached hydrogens (tertiary/aromatic N) is 4. The summed E-state index contributed by atoms with van der Waals surface area (Å²) in [7, 11) is -3.73. The Morgan fingerprint density at radius 2 is 1.73 bits per heavy atom. The lowest BCUT2D eigenvalue weighted by Crippen LogP contribution is -2.39. The highest BCUT2D eigenvalue weighted by Crippen LogP contribution is 2.32. The van der Waals surface area contributed by atoms with Gasteiger partial charge in [0.15, 0.2) is 5.13 Å². The van der Waals surface area contributed by atoms with Crippen molar-refractivity contribution in [3.63, 3.8) is 0 Å². The molecule has 216 valence electrons. The smallest absolute Gasteiger partial charge is 0.260 e. The summed E-state index contributed by atoms with van der Waals surface area (Å²) in [5.41, 5.74) is 3.31. The fraction of sp³-hybridized carbons (Fsp3) is 0.355. The molecule has 0 radical (unpaired) electrons. The van der Waals surface area contributed by atoms with Gasteiger partial charge in [0.2, 0.25) is 10.0 Å². The van der Waals surface area contributed by atoms with Gasteiger partial charge in [-0.05, 0) is 54.8 Å². The molecule has 0 spiro atoms. The molecular formula is C31H36N4O4S2. The monoisotopic (exact) mass is 592 g/mol. The largest absolute Gasteiger partial charge is 0.379 e. The van der Waals surface area contributed by atoms with Crippen LogP contribution < -0.4 is 4.90 Å². The molecular weight excluding hydrogens is 556 g/mol. The minimum atomic E-state index is -3.73. The second-order valence-electron chi connectivity index (χ2n) is 10.1.